The number of carbonyl (C=O) groups excluding carboxylic acids is 1. The molecule has 1 saturated heterocycles. The van der Waals surface area contributed by atoms with Crippen LogP contribution in [0.3, 0.4) is 0 Å². The Morgan fingerprint density at radius 1 is 1.47 bits per heavy atom. The summed E-state index contributed by atoms with van der Waals surface area (Å²) in [5.41, 5.74) is 0.187. The van der Waals surface area contributed by atoms with Gasteiger partial charge in [-0.2, -0.15) is 0 Å². The molecule has 1 fully saturated rings. The lowest BCUT2D eigenvalue weighted by molar-refractivity contribution is -0.127. The largest absolute Gasteiger partial charge is 0.326 e. The van der Waals surface area contributed by atoms with E-state index in [9.17, 15) is 9.18 Å². The maximum atomic E-state index is 13.4. The van der Waals surface area contributed by atoms with Crippen molar-refractivity contribution in [2.24, 2.45) is 5.41 Å². The first-order valence-electron chi connectivity index (χ1n) is 6.54. The topological polar surface area (TPSA) is 41.1 Å². The van der Waals surface area contributed by atoms with Crippen LogP contribution in [-0.4, -0.2) is 19.0 Å². The van der Waals surface area contributed by atoms with E-state index in [-0.39, 0.29) is 17.1 Å². The molecule has 1 aliphatic heterocycles. The zero-order valence-corrected chi connectivity index (χ0v) is 12.5. The number of amides is 1. The molecule has 3 nitrogen and oxygen atoms in total. The Hall–Kier alpha value is -0.940. The van der Waals surface area contributed by atoms with Crippen molar-refractivity contribution < 1.29 is 9.18 Å². The predicted molar refractivity (Wildman–Crippen MR) is 77.6 cm³/mol. The molecule has 1 amide bonds. The van der Waals surface area contributed by atoms with Crippen molar-refractivity contribution in [2.45, 2.75) is 26.2 Å². The standard InChI is InChI=1S/C14H18BrFN2O/c1-2-14(5-7-17-8-6-14)13(19)18-10-3-4-11(15)12(16)9-10/h3-4,9,17H,2,5-8H2,1H3,(H,18,19). The quantitative estimate of drug-likeness (QED) is 0.893. The minimum Gasteiger partial charge on any atom is -0.326 e. The van der Waals surface area contributed by atoms with Gasteiger partial charge in [-0.05, 0) is 66.5 Å². The third-order valence-corrected chi connectivity index (χ3v) is 4.54. The van der Waals surface area contributed by atoms with Gasteiger partial charge in [-0.1, -0.05) is 6.92 Å². The molecule has 0 atom stereocenters. The van der Waals surface area contributed by atoms with E-state index in [0.29, 0.717) is 10.2 Å². The number of hydrogen-bond acceptors (Lipinski definition) is 2. The molecule has 1 aliphatic rings. The van der Waals surface area contributed by atoms with E-state index in [0.717, 1.165) is 32.4 Å². The Labute approximate surface area is 121 Å². The minimum absolute atomic E-state index is 0.00165. The molecular weight excluding hydrogens is 311 g/mol. The van der Waals surface area contributed by atoms with Crippen molar-refractivity contribution in [3.8, 4) is 0 Å². The van der Waals surface area contributed by atoms with Crippen molar-refractivity contribution in [3.63, 3.8) is 0 Å². The number of anilines is 1. The fourth-order valence-corrected chi connectivity index (χ4v) is 2.73. The molecule has 0 bridgehead atoms. The van der Waals surface area contributed by atoms with Crippen molar-refractivity contribution in [3.05, 3.63) is 28.5 Å². The van der Waals surface area contributed by atoms with E-state index in [1.165, 1.54) is 6.07 Å². The Bertz CT molecular complexity index is 473. The third-order valence-electron chi connectivity index (χ3n) is 3.90. The highest BCUT2D eigenvalue weighted by atomic mass is 79.9. The number of halogens is 2. The zero-order chi connectivity index (χ0) is 13.9. The van der Waals surface area contributed by atoms with Crippen molar-refractivity contribution in [2.75, 3.05) is 18.4 Å². The summed E-state index contributed by atoms with van der Waals surface area (Å²) in [4.78, 5) is 12.4. The van der Waals surface area contributed by atoms with Gasteiger partial charge in [-0.25, -0.2) is 4.39 Å². The van der Waals surface area contributed by atoms with Crippen molar-refractivity contribution in [1.82, 2.24) is 5.32 Å². The minimum atomic E-state index is -0.367. The lowest BCUT2D eigenvalue weighted by Crippen LogP contribution is -2.44. The Morgan fingerprint density at radius 3 is 2.74 bits per heavy atom. The second-order valence-electron chi connectivity index (χ2n) is 4.97. The average Bonchev–Trinajstić information content (AvgIpc) is 2.43. The molecule has 0 saturated carbocycles. The summed E-state index contributed by atoms with van der Waals surface area (Å²) < 4.78 is 13.8. The zero-order valence-electron chi connectivity index (χ0n) is 10.9. The van der Waals surface area contributed by atoms with E-state index in [2.05, 4.69) is 26.6 Å². The number of hydrogen-bond donors (Lipinski definition) is 2. The summed E-state index contributed by atoms with van der Waals surface area (Å²) in [5, 5.41) is 6.11. The van der Waals surface area contributed by atoms with E-state index in [1.807, 2.05) is 6.92 Å². The highest BCUT2D eigenvalue weighted by Gasteiger charge is 2.37. The van der Waals surface area contributed by atoms with Crippen LogP contribution in [0.4, 0.5) is 10.1 Å². The van der Waals surface area contributed by atoms with E-state index in [4.69, 9.17) is 0 Å². The van der Waals surface area contributed by atoms with Gasteiger partial charge in [0.2, 0.25) is 5.91 Å². The molecule has 1 aromatic rings. The van der Waals surface area contributed by atoms with Crippen LogP contribution in [0.1, 0.15) is 26.2 Å². The summed E-state index contributed by atoms with van der Waals surface area (Å²) in [5.74, 6) is -0.369. The van der Waals surface area contributed by atoms with Crippen LogP contribution in [0.15, 0.2) is 22.7 Å². The van der Waals surface area contributed by atoms with Gasteiger partial charge in [0.1, 0.15) is 5.82 Å². The van der Waals surface area contributed by atoms with Crippen LogP contribution in [0.2, 0.25) is 0 Å². The highest BCUT2D eigenvalue weighted by Crippen LogP contribution is 2.34. The normalized spacial score (nSPS) is 18.1. The summed E-state index contributed by atoms with van der Waals surface area (Å²) in [6.07, 6.45) is 2.46. The highest BCUT2D eigenvalue weighted by molar-refractivity contribution is 9.10. The van der Waals surface area contributed by atoms with Crippen LogP contribution in [0.5, 0.6) is 0 Å². The van der Waals surface area contributed by atoms with Crippen LogP contribution in [-0.2, 0) is 4.79 Å². The maximum Gasteiger partial charge on any atom is 0.230 e. The van der Waals surface area contributed by atoms with Crippen molar-refractivity contribution >= 4 is 27.5 Å². The number of benzene rings is 1. The molecule has 2 N–H and O–H groups in total. The second kappa shape index (κ2) is 6.01. The van der Waals surface area contributed by atoms with Crippen LogP contribution >= 0.6 is 15.9 Å². The van der Waals surface area contributed by atoms with Crippen molar-refractivity contribution in [1.29, 1.82) is 0 Å². The third kappa shape index (κ3) is 3.15. The molecule has 104 valence electrons. The molecule has 0 aromatic heterocycles. The molecule has 1 aromatic carbocycles. The van der Waals surface area contributed by atoms with Gasteiger partial charge in [0.25, 0.3) is 0 Å². The second-order valence-corrected chi connectivity index (χ2v) is 5.82. The summed E-state index contributed by atoms with van der Waals surface area (Å²) in [6, 6.07) is 4.65. The van der Waals surface area contributed by atoms with Gasteiger partial charge >= 0.3 is 0 Å². The van der Waals surface area contributed by atoms with E-state index in [1.54, 1.807) is 12.1 Å². The van der Waals surface area contributed by atoms with Crippen LogP contribution < -0.4 is 10.6 Å². The number of piperidine rings is 1. The SMILES string of the molecule is CCC1(C(=O)Nc2ccc(Br)c(F)c2)CCNCC1. The molecule has 0 spiro atoms. The van der Waals surface area contributed by atoms with Gasteiger partial charge in [-0.3, -0.25) is 4.79 Å². The average molecular weight is 329 g/mol. The van der Waals surface area contributed by atoms with Gasteiger partial charge in [0.05, 0.1) is 9.89 Å². The summed E-state index contributed by atoms with van der Waals surface area (Å²) in [7, 11) is 0. The first-order chi connectivity index (χ1) is 9.07. The lowest BCUT2D eigenvalue weighted by Gasteiger charge is -2.35. The Kier molecular flexibility index (Phi) is 4.58. The van der Waals surface area contributed by atoms with Crippen LogP contribution in [0, 0.1) is 11.2 Å². The fourth-order valence-electron chi connectivity index (χ4n) is 2.48. The molecule has 0 aliphatic carbocycles. The van der Waals surface area contributed by atoms with Gasteiger partial charge in [0, 0.05) is 5.69 Å². The Balaban J connectivity index is 2.12. The van der Waals surface area contributed by atoms with Gasteiger partial charge in [0.15, 0.2) is 0 Å². The van der Waals surface area contributed by atoms with Gasteiger partial charge < -0.3 is 10.6 Å². The van der Waals surface area contributed by atoms with Gasteiger partial charge in [-0.15, -0.1) is 0 Å². The summed E-state index contributed by atoms with van der Waals surface area (Å²) in [6.45, 7) is 3.75. The lowest BCUT2D eigenvalue weighted by atomic mass is 9.76. The van der Waals surface area contributed by atoms with Crippen LogP contribution in [0.25, 0.3) is 0 Å². The number of nitrogens with one attached hydrogen (secondary N) is 2. The molecule has 0 unspecified atom stereocenters. The number of carbonyl (C=O) groups is 1. The molecule has 0 radical (unpaired) electrons. The predicted octanol–water partition coefficient (Wildman–Crippen LogP) is 3.31. The maximum absolute atomic E-state index is 13.4. The molecule has 2 rings (SSSR count). The molecular formula is C14H18BrFN2O. The smallest absolute Gasteiger partial charge is 0.230 e. The summed E-state index contributed by atoms with van der Waals surface area (Å²) >= 11 is 3.10. The monoisotopic (exact) mass is 328 g/mol. The first kappa shape index (κ1) is 14.5. The van der Waals surface area contributed by atoms with E-state index >= 15 is 0 Å². The fraction of sp³-hybridized carbons (Fsp3) is 0.500. The molecule has 1 heterocycles. The first-order valence-corrected chi connectivity index (χ1v) is 7.34. The number of rotatable bonds is 3. The Morgan fingerprint density at radius 2 is 2.16 bits per heavy atom. The molecule has 5 heteroatoms. The molecule has 19 heavy (non-hydrogen) atoms. The van der Waals surface area contributed by atoms with E-state index < -0.39 is 0 Å².